The molecule has 0 radical (unpaired) electrons. The van der Waals surface area contributed by atoms with Gasteiger partial charge in [0.05, 0.1) is 0 Å². The Morgan fingerprint density at radius 1 is 1.10 bits per heavy atom. The quantitative estimate of drug-likeness (QED) is 0.631. The number of thioether (sulfide) groups is 1. The number of carbonyl (C=O) groups excluding carboxylic acids is 1. The van der Waals surface area contributed by atoms with E-state index in [0.717, 1.165) is 17.1 Å². The molecule has 0 bridgehead atoms. The first kappa shape index (κ1) is 15.9. The fraction of sp³-hybridized carbons (Fsp3) is 0.188. The summed E-state index contributed by atoms with van der Waals surface area (Å²) in [4.78, 5) is 12.9. The van der Waals surface area contributed by atoms with Crippen molar-refractivity contribution in [2.75, 3.05) is 12.3 Å². The Morgan fingerprint density at radius 2 is 1.76 bits per heavy atom. The summed E-state index contributed by atoms with van der Waals surface area (Å²) in [5.41, 5.74) is 0.602. The van der Waals surface area contributed by atoms with Crippen molar-refractivity contribution in [2.45, 2.75) is 11.3 Å². The van der Waals surface area contributed by atoms with Crippen LogP contribution in [0.15, 0.2) is 53.4 Å². The lowest BCUT2D eigenvalue weighted by atomic mass is 10.2. The minimum atomic E-state index is -0.227. The van der Waals surface area contributed by atoms with Gasteiger partial charge in [-0.1, -0.05) is 11.6 Å². The Kier molecular flexibility index (Phi) is 6.08. The van der Waals surface area contributed by atoms with Crippen molar-refractivity contribution in [2.24, 2.45) is 0 Å². The van der Waals surface area contributed by atoms with Gasteiger partial charge >= 0.3 is 0 Å². The van der Waals surface area contributed by atoms with Crippen molar-refractivity contribution >= 4 is 29.3 Å². The summed E-state index contributed by atoms with van der Waals surface area (Å²) < 4.78 is 12.7. The third kappa shape index (κ3) is 5.40. The van der Waals surface area contributed by atoms with Crippen LogP contribution < -0.4 is 5.32 Å². The first-order valence-electron chi connectivity index (χ1n) is 6.57. The van der Waals surface area contributed by atoms with Crippen molar-refractivity contribution in [3.63, 3.8) is 0 Å². The van der Waals surface area contributed by atoms with Crippen LogP contribution in [0.3, 0.4) is 0 Å². The zero-order chi connectivity index (χ0) is 15.1. The van der Waals surface area contributed by atoms with E-state index in [1.807, 2.05) is 0 Å². The second-order valence-corrected chi connectivity index (χ2v) is 6.02. The molecule has 0 heterocycles. The van der Waals surface area contributed by atoms with E-state index in [1.54, 1.807) is 48.2 Å². The molecule has 2 aromatic carbocycles. The summed E-state index contributed by atoms with van der Waals surface area (Å²) in [6.07, 6.45) is 0.849. The first-order valence-corrected chi connectivity index (χ1v) is 7.93. The molecule has 2 nitrogen and oxygen atoms in total. The zero-order valence-electron chi connectivity index (χ0n) is 11.3. The summed E-state index contributed by atoms with van der Waals surface area (Å²) in [5.74, 6) is 0.542. The Morgan fingerprint density at radius 3 is 2.43 bits per heavy atom. The fourth-order valence-electron chi connectivity index (χ4n) is 1.70. The molecule has 2 rings (SSSR count). The Labute approximate surface area is 132 Å². The molecule has 0 spiro atoms. The van der Waals surface area contributed by atoms with Crippen molar-refractivity contribution in [1.29, 1.82) is 0 Å². The standard InChI is InChI=1S/C16H15ClFNOS/c17-13-4-2-12(3-5-13)16(20)19-10-1-11-21-15-8-6-14(18)7-9-15/h2-9H,1,10-11H2,(H,19,20). The van der Waals surface area contributed by atoms with Crippen LogP contribution in [-0.4, -0.2) is 18.2 Å². The molecule has 1 N–H and O–H groups in total. The lowest BCUT2D eigenvalue weighted by Gasteiger charge is -2.05. The summed E-state index contributed by atoms with van der Waals surface area (Å²) >= 11 is 7.42. The first-order chi connectivity index (χ1) is 10.1. The van der Waals surface area contributed by atoms with Crippen LogP contribution in [0.2, 0.25) is 5.02 Å². The number of amides is 1. The summed E-state index contributed by atoms with van der Waals surface area (Å²) in [5, 5.41) is 3.47. The normalized spacial score (nSPS) is 10.4. The summed E-state index contributed by atoms with van der Waals surface area (Å²) in [6, 6.07) is 13.2. The van der Waals surface area contributed by atoms with Gasteiger partial charge in [0.2, 0.25) is 0 Å². The van der Waals surface area contributed by atoms with Crippen LogP contribution >= 0.6 is 23.4 Å². The van der Waals surface area contributed by atoms with Gasteiger partial charge in [0.15, 0.2) is 0 Å². The maximum absolute atomic E-state index is 12.7. The Balaban J connectivity index is 1.66. The molecule has 0 saturated carbocycles. The van der Waals surface area contributed by atoms with E-state index in [1.165, 1.54) is 12.1 Å². The van der Waals surface area contributed by atoms with Crippen molar-refractivity contribution in [1.82, 2.24) is 5.32 Å². The predicted molar refractivity (Wildman–Crippen MR) is 85.5 cm³/mol. The van der Waals surface area contributed by atoms with E-state index in [0.29, 0.717) is 17.1 Å². The van der Waals surface area contributed by atoms with Crippen LogP contribution in [0, 0.1) is 5.82 Å². The average molecular weight is 324 g/mol. The van der Waals surface area contributed by atoms with Gasteiger partial charge in [0.1, 0.15) is 5.82 Å². The van der Waals surface area contributed by atoms with Gasteiger partial charge in [-0.2, -0.15) is 0 Å². The molecule has 0 fully saturated rings. The molecule has 0 atom stereocenters. The van der Waals surface area contributed by atoms with Crippen LogP contribution in [-0.2, 0) is 0 Å². The molecule has 2 aromatic rings. The molecule has 110 valence electrons. The molecular formula is C16H15ClFNOS. The van der Waals surface area contributed by atoms with Gasteiger partial charge in [0.25, 0.3) is 5.91 Å². The number of benzene rings is 2. The van der Waals surface area contributed by atoms with Gasteiger partial charge in [-0.15, -0.1) is 11.8 Å². The smallest absolute Gasteiger partial charge is 0.251 e. The fourth-order valence-corrected chi connectivity index (χ4v) is 2.68. The summed E-state index contributed by atoms with van der Waals surface area (Å²) in [7, 11) is 0. The van der Waals surface area contributed by atoms with E-state index < -0.39 is 0 Å². The topological polar surface area (TPSA) is 29.1 Å². The van der Waals surface area contributed by atoms with E-state index in [2.05, 4.69) is 5.32 Å². The monoisotopic (exact) mass is 323 g/mol. The minimum Gasteiger partial charge on any atom is -0.352 e. The van der Waals surface area contributed by atoms with E-state index >= 15 is 0 Å². The van der Waals surface area contributed by atoms with Crippen molar-refractivity contribution < 1.29 is 9.18 Å². The van der Waals surface area contributed by atoms with Gasteiger partial charge < -0.3 is 5.32 Å². The second kappa shape index (κ2) is 8.05. The van der Waals surface area contributed by atoms with Gasteiger partial charge in [-0.3, -0.25) is 4.79 Å². The summed E-state index contributed by atoms with van der Waals surface area (Å²) in [6.45, 7) is 0.607. The van der Waals surface area contributed by atoms with Crippen LogP contribution in [0.4, 0.5) is 4.39 Å². The van der Waals surface area contributed by atoms with Gasteiger partial charge in [-0.05, 0) is 60.7 Å². The number of halogens is 2. The molecule has 1 amide bonds. The van der Waals surface area contributed by atoms with Crippen molar-refractivity contribution in [3.8, 4) is 0 Å². The number of rotatable bonds is 6. The van der Waals surface area contributed by atoms with Crippen LogP contribution in [0.1, 0.15) is 16.8 Å². The van der Waals surface area contributed by atoms with Crippen molar-refractivity contribution in [3.05, 3.63) is 64.9 Å². The third-order valence-electron chi connectivity index (χ3n) is 2.80. The van der Waals surface area contributed by atoms with E-state index in [4.69, 9.17) is 11.6 Å². The molecule has 21 heavy (non-hydrogen) atoms. The lowest BCUT2D eigenvalue weighted by Crippen LogP contribution is -2.24. The highest BCUT2D eigenvalue weighted by Crippen LogP contribution is 2.18. The number of hydrogen-bond acceptors (Lipinski definition) is 2. The highest BCUT2D eigenvalue weighted by Gasteiger charge is 2.04. The molecule has 0 unspecified atom stereocenters. The maximum Gasteiger partial charge on any atom is 0.251 e. The number of hydrogen-bond donors (Lipinski definition) is 1. The number of nitrogens with one attached hydrogen (secondary N) is 1. The van der Waals surface area contributed by atoms with Crippen LogP contribution in [0.5, 0.6) is 0 Å². The molecule has 5 heteroatoms. The van der Waals surface area contributed by atoms with Gasteiger partial charge in [-0.25, -0.2) is 4.39 Å². The minimum absolute atomic E-state index is 0.0987. The SMILES string of the molecule is O=C(NCCCSc1ccc(F)cc1)c1ccc(Cl)cc1. The van der Waals surface area contributed by atoms with E-state index in [9.17, 15) is 9.18 Å². The van der Waals surface area contributed by atoms with E-state index in [-0.39, 0.29) is 11.7 Å². The average Bonchev–Trinajstić information content (AvgIpc) is 2.49. The molecular weight excluding hydrogens is 309 g/mol. The molecule has 0 aliphatic carbocycles. The maximum atomic E-state index is 12.7. The Bertz CT molecular complexity index is 586. The molecule has 0 aromatic heterocycles. The second-order valence-electron chi connectivity index (χ2n) is 4.42. The molecule has 0 aliphatic heterocycles. The number of carbonyl (C=O) groups is 1. The molecule has 0 aliphatic rings. The molecule has 0 saturated heterocycles. The highest BCUT2D eigenvalue weighted by molar-refractivity contribution is 7.99. The van der Waals surface area contributed by atoms with Crippen LogP contribution in [0.25, 0.3) is 0 Å². The van der Waals surface area contributed by atoms with Gasteiger partial charge in [0, 0.05) is 22.0 Å². The third-order valence-corrected chi connectivity index (χ3v) is 4.15. The lowest BCUT2D eigenvalue weighted by molar-refractivity contribution is 0.0954. The zero-order valence-corrected chi connectivity index (χ0v) is 12.9. The highest BCUT2D eigenvalue weighted by atomic mass is 35.5. The largest absolute Gasteiger partial charge is 0.352 e. The predicted octanol–water partition coefficient (Wildman–Crippen LogP) is 4.39. The Hall–Kier alpha value is -1.52.